The van der Waals surface area contributed by atoms with E-state index in [1.165, 1.54) is 9.80 Å². The molecule has 1 aromatic rings. The van der Waals surface area contributed by atoms with Crippen molar-refractivity contribution in [3.63, 3.8) is 0 Å². The Morgan fingerprint density at radius 3 is 1.72 bits per heavy atom. The van der Waals surface area contributed by atoms with Crippen LogP contribution in [0.15, 0.2) is 24.3 Å². The molecule has 12 heteroatoms. The van der Waals surface area contributed by atoms with E-state index in [1.54, 1.807) is 43.3 Å². The van der Waals surface area contributed by atoms with Gasteiger partial charge in [-0.3, -0.25) is 25.0 Å². The van der Waals surface area contributed by atoms with E-state index in [1.807, 2.05) is 0 Å². The summed E-state index contributed by atoms with van der Waals surface area (Å²) in [6, 6.07) is 5.84. The summed E-state index contributed by atoms with van der Waals surface area (Å²) >= 11 is 0. The van der Waals surface area contributed by atoms with Crippen LogP contribution >= 0.6 is 0 Å². The molecule has 4 fully saturated rings. The number of imide groups is 2. The van der Waals surface area contributed by atoms with Crippen LogP contribution in [0.3, 0.4) is 0 Å². The number of hydrogen-bond donors (Lipinski definition) is 3. The van der Waals surface area contributed by atoms with Crippen LogP contribution in [0.2, 0.25) is 0 Å². The van der Waals surface area contributed by atoms with Gasteiger partial charge in [0.1, 0.15) is 11.1 Å². The number of likely N-dealkylation sites (N-methyl/N-ethyl adjacent to an activating group) is 2. The van der Waals surface area contributed by atoms with Crippen LogP contribution in [0.25, 0.3) is 4.85 Å². The van der Waals surface area contributed by atoms with Gasteiger partial charge in [-0.25, -0.2) is 14.4 Å². The van der Waals surface area contributed by atoms with Gasteiger partial charge in [-0.2, -0.15) is 0 Å². The van der Waals surface area contributed by atoms with Gasteiger partial charge in [-0.15, -0.1) is 0 Å². The summed E-state index contributed by atoms with van der Waals surface area (Å²) < 4.78 is 0. The maximum Gasteiger partial charge on any atom is 0.324 e. The minimum atomic E-state index is -0.832. The molecule has 4 aliphatic heterocycles. The van der Waals surface area contributed by atoms with E-state index in [0.717, 1.165) is 13.1 Å². The van der Waals surface area contributed by atoms with Crippen LogP contribution in [0.5, 0.6) is 0 Å². The molecule has 0 atom stereocenters. The number of carbonyl (C=O) groups excluding carboxylic acids is 5. The van der Waals surface area contributed by atoms with Crippen LogP contribution in [0.1, 0.15) is 36.0 Å². The highest BCUT2D eigenvalue weighted by Gasteiger charge is 2.53. The minimum Gasteiger partial charge on any atom is -0.338 e. The van der Waals surface area contributed by atoms with Crippen molar-refractivity contribution in [2.24, 2.45) is 0 Å². The molecule has 0 aliphatic carbocycles. The zero-order valence-electron chi connectivity index (χ0n) is 20.3. The second-order valence-electron chi connectivity index (χ2n) is 9.40. The number of rotatable bonds is 1. The predicted octanol–water partition coefficient (Wildman–Crippen LogP) is 0.684. The van der Waals surface area contributed by atoms with Gasteiger partial charge >= 0.3 is 12.1 Å². The lowest BCUT2D eigenvalue weighted by molar-refractivity contribution is -0.128. The number of amides is 7. The van der Waals surface area contributed by atoms with Gasteiger partial charge in [-0.1, -0.05) is 24.3 Å². The summed E-state index contributed by atoms with van der Waals surface area (Å²) in [5, 5.41) is 7.85. The predicted molar refractivity (Wildman–Crippen MR) is 128 cm³/mol. The summed E-state index contributed by atoms with van der Waals surface area (Å²) in [6.45, 7) is 9.34. The molecule has 190 valence electrons. The van der Waals surface area contributed by atoms with Crippen molar-refractivity contribution >= 4 is 35.5 Å². The van der Waals surface area contributed by atoms with E-state index in [4.69, 9.17) is 6.57 Å². The summed E-state index contributed by atoms with van der Waals surface area (Å²) in [5.41, 5.74) is -0.389. The third-order valence-corrected chi connectivity index (χ3v) is 7.73. The molecule has 12 nitrogen and oxygen atoms in total. The molecular formula is C24H29N7O5. The third kappa shape index (κ3) is 4.15. The number of hydrogen-bond acceptors (Lipinski definition) is 6. The van der Waals surface area contributed by atoms with Crippen LogP contribution in [-0.4, -0.2) is 95.8 Å². The zero-order chi connectivity index (χ0) is 26.1. The molecule has 4 aliphatic rings. The zero-order valence-corrected chi connectivity index (χ0v) is 20.3. The highest BCUT2D eigenvalue weighted by Crippen LogP contribution is 2.32. The van der Waals surface area contributed by atoms with Gasteiger partial charge < -0.3 is 20.0 Å². The van der Waals surface area contributed by atoms with Crippen molar-refractivity contribution in [2.45, 2.75) is 36.8 Å². The Labute approximate surface area is 208 Å². The lowest BCUT2D eigenvalue weighted by Gasteiger charge is -2.40. The highest BCUT2D eigenvalue weighted by molar-refractivity contribution is 6.07. The van der Waals surface area contributed by atoms with Crippen molar-refractivity contribution < 1.29 is 24.0 Å². The van der Waals surface area contributed by atoms with E-state index in [0.29, 0.717) is 50.0 Å². The minimum absolute atomic E-state index is 0.122. The van der Waals surface area contributed by atoms with Crippen LogP contribution < -0.4 is 16.0 Å². The summed E-state index contributed by atoms with van der Waals surface area (Å²) in [4.78, 5) is 67.0. The second-order valence-corrected chi connectivity index (χ2v) is 9.40. The molecule has 7 amide bonds. The summed E-state index contributed by atoms with van der Waals surface area (Å²) in [5.74, 6) is -0.538. The van der Waals surface area contributed by atoms with E-state index >= 15 is 0 Å². The first-order valence-corrected chi connectivity index (χ1v) is 11.8. The molecule has 3 N–H and O–H groups in total. The van der Waals surface area contributed by atoms with Crippen molar-refractivity contribution in [3.8, 4) is 0 Å². The first-order valence-electron chi connectivity index (χ1n) is 11.8. The molecule has 0 saturated carbocycles. The molecule has 0 radical (unpaired) electrons. The lowest BCUT2D eigenvalue weighted by Crippen LogP contribution is -2.56. The number of benzene rings is 1. The fourth-order valence-corrected chi connectivity index (χ4v) is 5.19. The Kier molecular flexibility index (Phi) is 6.69. The molecule has 0 bridgehead atoms. The maximum absolute atomic E-state index is 12.5. The fraction of sp³-hybridized carbons (Fsp3) is 0.500. The van der Waals surface area contributed by atoms with Gasteiger partial charge in [-0.05, 0) is 38.8 Å². The van der Waals surface area contributed by atoms with Gasteiger partial charge in [0.15, 0.2) is 5.69 Å². The molecular weight excluding hydrogens is 466 g/mol. The summed E-state index contributed by atoms with van der Waals surface area (Å²) in [7, 11) is 3.30. The van der Waals surface area contributed by atoms with Crippen molar-refractivity contribution in [1.29, 1.82) is 0 Å². The first kappa shape index (κ1) is 25.1. The third-order valence-electron chi connectivity index (χ3n) is 7.73. The van der Waals surface area contributed by atoms with Crippen molar-refractivity contribution in [3.05, 3.63) is 41.2 Å². The Balaban J connectivity index is 0.000000197. The van der Waals surface area contributed by atoms with E-state index < -0.39 is 11.1 Å². The average molecular weight is 496 g/mol. The first-order chi connectivity index (χ1) is 17.1. The van der Waals surface area contributed by atoms with Crippen LogP contribution in [0.4, 0.5) is 15.3 Å². The number of nitrogens with zero attached hydrogens (tertiary/aromatic N) is 4. The molecule has 4 saturated heterocycles. The number of carbonyl (C=O) groups is 5. The monoisotopic (exact) mass is 495 g/mol. The van der Waals surface area contributed by atoms with Crippen molar-refractivity contribution in [2.75, 3.05) is 40.3 Å². The maximum atomic E-state index is 12.5. The molecule has 36 heavy (non-hydrogen) atoms. The molecule has 5 rings (SSSR count). The number of piperidine rings is 2. The second kappa shape index (κ2) is 9.58. The fourth-order valence-electron chi connectivity index (χ4n) is 5.19. The SMILES string of the molecule is CN1C(=O)NC(=O)C12CCNCC2.[C-]#[N+]c1ccc(C(=O)N2CCC3(CC2)C(=O)NC(=O)N3C)cc1. The van der Waals surface area contributed by atoms with Crippen molar-refractivity contribution in [1.82, 2.24) is 30.7 Å². The molecule has 0 unspecified atom stereocenters. The number of urea groups is 2. The van der Waals surface area contributed by atoms with E-state index in [2.05, 4.69) is 20.8 Å². The Bertz CT molecular complexity index is 1130. The molecule has 0 aromatic heterocycles. The lowest BCUT2D eigenvalue weighted by atomic mass is 9.86. The average Bonchev–Trinajstić information content (AvgIpc) is 3.23. The number of likely N-dealkylation sites (tertiary alicyclic amines) is 1. The topological polar surface area (TPSA) is 136 Å². The molecule has 1 aromatic carbocycles. The van der Waals surface area contributed by atoms with Gasteiger partial charge in [0.2, 0.25) is 0 Å². The normalized spacial score (nSPS) is 22.2. The standard InChI is InChI=1S/C16H16N4O3.C8H13N3O2/c1-17-12-5-3-11(4-6-12)13(21)20-9-7-16(8-10-20)14(22)18-15(23)19(16)2;1-11-7(13)10-6(12)8(11)2-4-9-5-3-8/h3-6H,7-10H2,2H3,(H,18,22,23);9H,2-5H2,1H3,(H,10,12,13). The van der Waals surface area contributed by atoms with Crippen LogP contribution in [0, 0.1) is 6.57 Å². The largest absolute Gasteiger partial charge is 0.338 e. The van der Waals surface area contributed by atoms with Gasteiger partial charge in [0.05, 0.1) is 6.57 Å². The Morgan fingerprint density at radius 1 is 0.833 bits per heavy atom. The smallest absolute Gasteiger partial charge is 0.324 e. The number of nitrogens with one attached hydrogen (secondary N) is 3. The van der Waals surface area contributed by atoms with E-state index in [9.17, 15) is 24.0 Å². The summed E-state index contributed by atoms with van der Waals surface area (Å²) in [6.07, 6.45) is 2.27. The van der Waals surface area contributed by atoms with Gasteiger partial charge in [0, 0.05) is 32.7 Å². The van der Waals surface area contributed by atoms with Crippen LogP contribution in [-0.2, 0) is 9.59 Å². The Hall–Kier alpha value is -3.98. The quantitative estimate of drug-likeness (QED) is 0.387. The van der Waals surface area contributed by atoms with E-state index in [-0.39, 0.29) is 29.8 Å². The molecule has 4 heterocycles. The molecule has 2 spiro atoms. The van der Waals surface area contributed by atoms with Gasteiger partial charge in [0.25, 0.3) is 17.7 Å². The Morgan fingerprint density at radius 2 is 1.31 bits per heavy atom. The highest BCUT2D eigenvalue weighted by atomic mass is 16.2.